The topological polar surface area (TPSA) is 27.4 Å². The minimum Gasteiger partial charge on any atom is -0.395 e. The quantitative estimate of drug-likeness (QED) is 0.658. The van der Waals surface area contributed by atoms with Crippen LogP contribution in [0.2, 0.25) is 0 Å². The van der Waals surface area contributed by atoms with Crippen molar-refractivity contribution in [3.05, 3.63) is 59.9 Å². The van der Waals surface area contributed by atoms with E-state index in [0.29, 0.717) is 6.54 Å². The van der Waals surface area contributed by atoms with E-state index in [-0.39, 0.29) is 6.61 Å². The highest BCUT2D eigenvalue weighted by Crippen LogP contribution is 2.17. The first-order valence-electron chi connectivity index (χ1n) is 9.41. The van der Waals surface area contributed by atoms with Gasteiger partial charge in [-0.1, -0.05) is 32.4 Å². The molecule has 1 aromatic heterocycles. The Labute approximate surface area is 152 Å². The lowest BCUT2D eigenvalue weighted by atomic mass is 10.1. The van der Waals surface area contributed by atoms with Crippen LogP contribution in [0.4, 0.5) is 5.69 Å². The normalized spacial score (nSPS) is 11.2. The van der Waals surface area contributed by atoms with Crippen LogP contribution in [0, 0.1) is 0 Å². The summed E-state index contributed by atoms with van der Waals surface area (Å²) in [6.07, 6.45) is 9.97. The molecule has 0 saturated heterocycles. The monoisotopic (exact) mass is 339 g/mol. The average Bonchev–Trinajstić information content (AvgIpc) is 2.65. The van der Waals surface area contributed by atoms with Crippen LogP contribution in [0.15, 0.2) is 48.7 Å². The number of aliphatic hydroxyl groups excluding tert-OH is 1. The van der Waals surface area contributed by atoms with Crippen molar-refractivity contribution in [3.8, 4) is 0 Å². The van der Waals surface area contributed by atoms with Crippen molar-refractivity contribution >= 4 is 17.8 Å². The fourth-order valence-corrected chi connectivity index (χ4v) is 2.91. The molecule has 0 unspecified atom stereocenters. The fraction of sp³-hybridized carbons (Fsp3) is 0.409. The first kappa shape index (κ1) is 19.2. The molecule has 2 aromatic rings. The molecule has 1 heterocycles. The zero-order valence-corrected chi connectivity index (χ0v) is 15.6. The highest BCUT2D eigenvalue weighted by molar-refractivity contribution is 5.68. The molecular formula is C22H31N2O+. The number of aromatic nitrogens is 1. The van der Waals surface area contributed by atoms with Gasteiger partial charge >= 0.3 is 0 Å². The van der Waals surface area contributed by atoms with E-state index in [1.807, 2.05) is 0 Å². The van der Waals surface area contributed by atoms with E-state index in [1.165, 1.54) is 29.8 Å². The molecule has 0 aliphatic carbocycles. The number of nitrogens with zero attached hydrogens (tertiary/aromatic N) is 2. The third kappa shape index (κ3) is 6.02. The van der Waals surface area contributed by atoms with Crippen LogP contribution < -0.4 is 9.47 Å². The van der Waals surface area contributed by atoms with E-state index in [0.717, 1.165) is 19.5 Å². The Balaban J connectivity index is 2.09. The molecule has 3 nitrogen and oxygen atoms in total. The maximum absolute atomic E-state index is 9.22. The van der Waals surface area contributed by atoms with Gasteiger partial charge in [-0.3, -0.25) is 0 Å². The SMILES string of the molecule is CCCC[n+]1ccccc1/C=C/c1ccc(N(CCC)CCO)cc1. The summed E-state index contributed by atoms with van der Waals surface area (Å²) in [5, 5.41) is 9.22. The van der Waals surface area contributed by atoms with Gasteiger partial charge in [-0.15, -0.1) is 0 Å². The van der Waals surface area contributed by atoms with Crippen LogP contribution in [0.1, 0.15) is 44.4 Å². The molecule has 0 aliphatic rings. The molecule has 134 valence electrons. The third-order valence-electron chi connectivity index (χ3n) is 4.30. The van der Waals surface area contributed by atoms with Gasteiger partial charge in [-0.25, -0.2) is 0 Å². The van der Waals surface area contributed by atoms with E-state index in [9.17, 15) is 5.11 Å². The van der Waals surface area contributed by atoms with Crippen molar-refractivity contribution in [2.45, 2.75) is 39.7 Å². The average molecular weight is 340 g/mol. The molecule has 0 saturated carbocycles. The molecule has 3 heteroatoms. The second kappa shape index (κ2) is 10.7. The van der Waals surface area contributed by atoms with E-state index >= 15 is 0 Å². The zero-order valence-electron chi connectivity index (χ0n) is 15.6. The smallest absolute Gasteiger partial charge is 0.205 e. The number of unbranched alkanes of at least 4 members (excludes halogenated alkanes) is 1. The molecule has 1 aromatic carbocycles. The standard InChI is InChI=1S/C22H31N2O/c1-3-5-16-24-17-7-6-8-21(24)12-9-20-10-13-22(14-11-20)23(15-4-2)18-19-25/h6-14,17,25H,3-5,15-16,18-19H2,1-2H3/q+1. The number of hydrogen-bond donors (Lipinski definition) is 1. The molecule has 0 amide bonds. The summed E-state index contributed by atoms with van der Waals surface area (Å²) >= 11 is 0. The molecule has 0 aliphatic heterocycles. The van der Waals surface area contributed by atoms with E-state index in [1.54, 1.807) is 0 Å². The number of aryl methyl sites for hydroxylation is 1. The van der Waals surface area contributed by atoms with Gasteiger partial charge in [-0.2, -0.15) is 4.57 Å². The van der Waals surface area contributed by atoms with Crippen LogP contribution in [-0.4, -0.2) is 24.8 Å². The van der Waals surface area contributed by atoms with E-state index in [4.69, 9.17) is 0 Å². The third-order valence-corrected chi connectivity index (χ3v) is 4.30. The lowest BCUT2D eigenvalue weighted by molar-refractivity contribution is -0.699. The lowest BCUT2D eigenvalue weighted by Gasteiger charge is -2.23. The van der Waals surface area contributed by atoms with Crippen molar-refractivity contribution in [2.24, 2.45) is 0 Å². The summed E-state index contributed by atoms with van der Waals surface area (Å²) in [6, 6.07) is 14.9. The van der Waals surface area contributed by atoms with Gasteiger partial charge in [0.1, 0.15) is 6.54 Å². The van der Waals surface area contributed by atoms with E-state index < -0.39 is 0 Å². The summed E-state index contributed by atoms with van der Waals surface area (Å²) < 4.78 is 2.30. The van der Waals surface area contributed by atoms with Crippen molar-refractivity contribution in [2.75, 3.05) is 24.6 Å². The largest absolute Gasteiger partial charge is 0.395 e. The van der Waals surface area contributed by atoms with Crippen LogP contribution in [0.5, 0.6) is 0 Å². The van der Waals surface area contributed by atoms with Crippen LogP contribution in [0.3, 0.4) is 0 Å². The Hall–Kier alpha value is -2.13. The molecule has 2 rings (SSSR count). The fourth-order valence-electron chi connectivity index (χ4n) is 2.91. The summed E-state index contributed by atoms with van der Waals surface area (Å²) in [4.78, 5) is 2.23. The minimum absolute atomic E-state index is 0.188. The highest BCUT2D eigenvalue weighted by Gasteiger charge is 2.06. The summed E-state index contributed by atoms with van der Waals surface area (Å²) in [5.41, 5.74) is 3.59. The lowest BCUT2D eigenvalue weighted by Crippen LogP contribution is -2.36. The number of anilines is 1. The number of benzene rings is 1. The van der Waals surface area contributed by atoms with Crippen molar-refractivity contribution in [3.63, 3.8) is 0 Å². The van der Waals surface area contributed by atoms with Gasteiger partial charge in [0.05, 0.1) is 6.61 Å². The van der Waals surface area contributed by atoms with Crippen molar-refractivity contribution < 1.29 is 9.67 Å². The molecule has 25 heavy (non-hydrogen) atoms. The molecule has 0 bridgehead atoms. The first-order chi connectivity index (χ1) is 12.3. The van der Waals surface area contributed by atoms with Gasteiger partial charge in [-0.05, 0) is 36.3 Å². The highest BCUT2D eigenvalue weighted by atomic mass is 16.3. The van der Waals surface area contributed by atoms with Gasteiger partial charge in [0.15, 0.2) is 6.20 Å². The maximum atomic E-state index is 9.22. The number of rotatable bonds is 10. The number of aliphatic hydroxyl groups is 1. The zero-order chi connectivity index (χ0) is 17.9. The van der Waals surface area contributed by atoms with E-state index in [2.05, 4.69) is 84.1 Å². The van der Waals surface area contributed by atoms with Crippen LogP contribution in [0.25, 0.3) is 12.2 Å². The van der Waals surface area contributed by atoms with Crippen LogP contribution in [-0.2, 0) is 6.54 Å². The van der Waals surface area contributed by atoms with Gasteiger partial charge in [0, 0.05) is 43.4 Å². The van der Waals surface area contributed by atoms with Gasteiger partial charge in [0.2, 0.25) is 5.69 Å². The second-order valence-electron chi connectivity index (χ2n) is 6.31. The molecule has 0 spiro atoms. The Morgan fingerprint density at radius 1 is 0.960 bits per heavy atom. The Morgan fingerprint density at radius 2 is 1.76 bits per heavy atom. The second-order valence-corrected chi connectivity index (χ2v) is 6.31. The number of hydrogen-bond acceptors (Lipinski definition) is 2. The molecule has 1 N–H and O–H groups in total. The molecule has 0 fully saturated rings. The maximum Gasteiger partial charge on any atom is 0.205 e. The Kier molecular flexibility index (Phi) is 8.20. The summed E-state index contributed by atoms with van der Waals surface area (Å²) in [6.45, 7) is 7.28. The Bertz CT molecular complexity index is 643. The predicted molar refractivity (Wildman–Crippen MR) is 107 cm³/mol. The molecule has 0 atom stereocenters. The summed E-state index contributed by atoms with van der Waals surface area (Å²) in [5.74, 6) is 0. The molecule has 0 radical (unpaired) electrons. The van der Waals surface area contributed by atoms with Gasteiger partial charge < -0.3 is 10.0 Å². The first-order valence-corrected chi connectivity index (χ1v) is 9.41. The molecular weight excluding hydrogens is 308 g/mol. The van der Waals surface area contributed by atoms with Crippen LogP contribution >= 0.6 is 0 Å². The van der Waals surface area contributed by atoms with Gasteiger partial charge in [0.25, 0.3) is 0 Å². The predicted octanol–water partition coefficient (Wildman–Crippen LogP) is 4.15. The minimum atomic E-state index is 0.188. The van der Waals surface area contributed by atoms with Crippen molar-refractivity contribution in [1.82, 2.24) is 0 Å². The number of pyridine rings is 1. The van der Waals surface area contributed by atoms with Crippen molar-refractivity contribution in [1.29, 1.82) is 0 Å². The Morgan fingerprint density at radius 3 is 2.44 bits per heavy atom. The summed E-state index contributed by atoms with van der Waals surface area (Å²) in [7, 11) is 0.